The van der Waals surface area contributed by atoms with Crippen LogP contribution < -0.4 is 0 Å². The maximum absolute atomic E-state index is 3.34. The van der Waals surface area contributed by atoms with Crippen molar-refractivity contribution in [2.75, 3.05) is 0 Å². The summed E-state index contributed by atoms with van der Waals surface area (Å²) in [4.78, 5) is 0. The highest BCUT2D eigenvalue weighted by Gasteiger charge is 2.11. The largest absolute Gasteiger partial charge is 0.0716 e. The molecule has 0 heteroatoms. The standard InChI is InChI=1S/C15H11/c1-2-4-8-14-12(6-3-1)10-11-13-7-5-9-15(13)14/h1-6,8,10-11H,7H2. The molecule has 0 unspecified atom stereocenters. The van der Waals surface area contributed by atoms with Gasteiger partial charge in [0.2, 0.25) is 0 Å². The molecule has 2 aliphatic carbocycles. The third-order valence-electron chi connectivity index (χ3n) is 2.81. The molecule has 3 rings (SSSR count). The molecule has 1 radical (unpaired) electrons. The lowest BCUT2D eigenvalue weighted by Gasteiger charge is -2.08. The maximum atomic E-state index is 3.34. The van der Waals surface area contributed by atoms with Crippen LogP contribution in [0.25, 0.3) is 12.2 Å². The minimum Gasteiger partial charge on any atom is -0.0716 e. The highest BCUT2D eigenvalue weighted by atomic mass is 14.1. The van der Waals surface area contributed by atoms with Gasteiger partial charge in [-0.1, -0.05) is 54.7 Å². The highest BCUT2D eigenvalue weighted by molar-refractivity contribution is 5.73. The third-order valence-corrected chi connectivity index (χ3v) is 2.81. The predicted molar refractivity (Wildman–Crippen MR) is 64.3 cm³/mol. The van der Waals surface area contributed by atoms with Gasteiger partial charge in [0.25, 0.3) is 0 Å². The van der Waals surface area contributed by atoms with Gasteiger partial charge < -0.3 is 0 Å². The van der Waals surface area contributed by atoms with Gasteiger partial charge in [0.05, 0.1) is 0 Å². The van der Waals surface area contributed by atoms with E-state index in [4.69, 9.17) is 0 Å². The summed E-state index contributed by atoms with van der Waals surface area (Å²) in [6.07, 6.45) is 19.1. The van der Waals surface area contributed by atoms with Crippen LogP contribution >= 0.6 is 0 Å². The Morgan fingerprint density at radius 3 is 2.73 bits per heavy atom. The van der Waals surface area contributed by atoms with E-state index in [1.165, 1.54) is 22.3 Å². The molecule has 0 fully saturated rings. The first-order valence-electron chi connectivity index (χ1n) is 5.21. The van der Waals surface area contributed by atoms with Crippen molar-refractivity contribution in [2.24, 2.45) is 0 Å². The number of hydrogen-bond acceptors (Lipinski definition) is 0. The molecule has 0 amide bonds. The summed E-state index contributed by atoms with van der Waals surface area (Å²) in [5, 5.41) is 0. The molecule has 0 saturated carbocycles. The predicted octanol–water partition coefficient (Wildman–Crippen LogP) is 3.55. The summed E-state index contributed by atoms with van der Waals surface area (Å²) in [7, 11) is 0. The summed E-state index contributed by atoms with van der Waals surface area (Å²) < 4.78 is 0. The molecule has 2 aliphatic rings. The zero-order valence-electron chi connectivity index (χ0n) is 8.40. The van der Waals surface area contributed by atoms with Gasteiger partial charge in [-0.2, -0.15) is 0 Å². The second-order valence-electron chi connectivity index (χ2n) is 3.76. The molecule has 0 aromatic heterocycles. The quantitative estimate of drug-likeness (QED) is 0.588. The lowest BCUT2D eigenvalue weighted by Crippen LogP contribution is -1.91. The number of allylic oxidation sites excluding steroid dienone is 5. The van der Waals surface area contributed by atoms with Gasteiger partial charge in [-0.25, -0.2) is 0 Å². The van der Waals surface area contributed by atoms with Crippen LogP contribution in [0.3, 0.4) is 0 Å². The van der Waals surface area contributed by atoms with Gasteiger partial charge in [-0.05, 0) is 34.8 Å². The molecule has 0 bridgehead atoms. The second-order valence-corrected chi connectivity index (χ2v) is 3.76. The van der Waals surface area contributed by atoms with E-state index >= 15 is 0 Å². The normalized spacial score (nSPS) is 16.0. The molecule has 0 atom stereocenters. The van der Waals surface area contributed by atoms with Crippen LogP contribution in [0, 0.1) is 6.08 Å². The molecule has 15 heavy (non-hydrogen) atoms. The lowest BCUT2D eigenvalue weighted by molar-refractivity contribution is 1.30. The maximum Gasteiger partial charge on any atom is -0.00671 e. The van der Waals surface area contributed by atoms with Crippen molar-refractivity contribution in [3.63, 3.8) is 0 Å². The van der Waals surface area contributed by atoms with E-state index in [-0.39, 0.29) is 0 Å². The average Bonchev–Trinajstić information content (AvgIpc) is 2.65. The first-order valence-corrected chi connectivity index (χ1v) is 5.21. The number of benzene rings is 1. The summed E-state index contributed by atoms with van der Waals surface area (Å²) in [5.41, 5.74) is 5.22. The van der Waals surface area contributed by atoms with Crippen LogP contribution in [-0.2, 0) is 6.42 Å². The average molecular weight is 191 g/mol. The number of rotatable bonds is 0. The van der Waals surface area contributed by atoms with Gasteiger partial charge in [0, 0.05) is 0 Å². The highest BCUT2D eigenvalue weighted by Crippen LogP contribution is 2.27. The van der Waals surface area contributed by atoms with E-state index in [1.807, 2.05) is 6.08 Å². The molecule has 0 spiro atoms. The summed E-state index contributed by atoms with van der Waals surface area (Å²) >= 11 is 0. The van der Waals surface area contributed by atoms with E-state index in [0.717, 1.165) is 6.42 Å². The van der Waals surface area contributed by atoms with E-state index in [2.05, 4.69) is 54.7 Å². The fourth-order valence-corrected chi connectivity index (χ4v) is 2.05. The van der Waals surface area contributed by atoms with Crippen LogP contribution in [0.2, 0.25) is 0 Å². The van der Waals surface area contributed by atoms with Gasteiger partial charge in [-0.3, -0.25) is 0 Å². The van der Waals surface area contributed by atoms with Gasteiger partial charge in [0.1, 0.15) is 0 Å². The first-order chi connectivity index (χ1) is 7.45. The molecule has 0 nitrogen and oxygen atoms in total. The fraction of sp³-hybridized carbons (Fsp3) is 0.0667. The molecule has 0 saturated heterocycles. The van der Waals surface area contributed by atoms with Crippen molar-refractivity contribution in [2.45, 2.75) is 6.42 Å². The Morgan fingerprint density at radius 2 is 1.80 bits per heavy atom. The zero-order valence-corrected chi connectivity index (χ0v) is 8.40. The first kappa shape index (κ1) is 8.49. The van der Waals surface area contributed by atoms with E-state index in [1.54, 1.807) is 0 Å². The third kappa shape index (κ3) is 1.39. The SMILES string of the molecule is [C]1=CCc2ccc3c(c21)C=CC=CC=C3. The van der Waals surface area contributed by atoms with E-state index in [0.29, 0.717) is 0 Å². The van der Waals surface area contributed by atoms with Crippen LogP contribution in [0.1, 0.15) is 22.3 Å². The molecule has 0 heterocycles. The second kappa shape index (κ2) is 3.39. The molecule has 1 aromatic rings. The Morgan fingerprint density at radius 1 is 0.933 bits per heavy atom. The Hall–Kier alpha value is -1.82. The van der Waals surface area contributed by atoms with Gasteiger partial charge in [0.15, 0.2) is 0 Å². The summed E-state index contributed by atoms with van der Waals surface area (Å²) in [5.74, 6) is 0. The smallest absolute Gasteiger partial charge is 0.00671 e. The fourth-order valence-electron chi connectivity index (χ4n) is 2.05. The number of fused-ring (bicyclic) bond motifs is 3. The molecule has 71 valence electrons. The van der Waals surface area contributed by atoms with Crippen LogP contribution in [-0.4, -0.2) is 0 Å². The van der Waals surface area contributed by atoms with E-state index in [9.17, 15) is 0 Å². The van der Waals surface area contributed by atoms with Gasteiger partial charge >= 0.3 is 0 Å². The lowest BCUT2D eigenvalue weighted by atomic mass is 9.96. The molecular weight excluding hydrogens is 180 g/mol. The molecule has 0 aliphatic heterocycles. The molecule has 1 aromatic carbocycles. The zero-order chi connectivity index (χ0) is 10.1. The minimum atomic E-state index is 1.02. The van der Waals surface area contributed by atoms with Crippen molar-refractivity contribution in [1.29, 1.82) is 0 Å². The topological polar surface area (TPSA) is 0 Å². The molecular formula is C15H11. The molecule has 0 N–H and O–H groups in total. The van der Waals surface area contributed by atoms with Crippen molar-refractivity contribution in [3.05, 3.63) is 70.8 Å². The Labute approximate surface area is 89.9 Å². The Bertz CT molecular complexity index is 511. The van der Waals surface area contributed by atoms with Crippen molar-refractivity contribution in [3.8, 4) is 0 Å². The summed E-state index contributed by atoms with van der Waals surface area (Å²) in [6.45, 7) is 0. The Kier molecular flexibility index (Phi) is 1.92. The van der Waals surface area contributed by atoms with Crippen LogP contribution in [0.4, 0.5) is 0 Å². The van der Waals surface area contributed by atoms with E-state index < -0.39 is 0 Å². The number of hydrogen-bond donors (Lipinski definition) is 0. The van der Waals surface area contributed by atoms with Crippen LogP contribution in [0.5, 0.6) is 0 Å². The van der Waals surface area contributed by atoms with Gasteiger partial charge in [-0.15, -0.1) is 0 Å². The van der Waals surface area contributed by atoms with Crippen molar-refractivity contribution < 1.29 is 0 Å². The Balaban J connectivity index is 2.27. The minimum absolute atomic E-state index is 1.02. The van der Waals surface area contributed by atoms with Crippen molar-refractivity contribution >= 4 is 12.2 Å². The monoisotopic (exact) mass is 191 g/mol. The summed E-state index contributed by atoms with van der Waals surface area (Å²) in [6, 6.07) is 4.39. The van der Waals surface area contributed by atoms with Crippen molar-refractivity contribution in [1.82, 2.24) is 0 Å². The van der Waals surface area contributed by atoms with Crippen LogP contribution in [0.15, 0.2) is 42.5 Å².